The van der Waals surface area contributed by atoms with Crippen molar-refractivity contribution in [3.8, 4) is 6.07 Å². The molecule has 0 aliphatic carbocycles. The summed E-state index contributed by atoms with van der Waals surface area (Å²) in [4.78, 5) is 0. The van der Waals surface area contributed by atoms with Crippen molar-refractivity contribution in [2.75, 3.05) is 13.5 Å². The van der Waals surface area contributed by atoms with Crippen LogP contribution in [0.5, 0.6) is 0 Å². The predicted octanol–water partition coefficient (Wildman–Crippen LogP) is 3.89. The van der Waals surface area contributed by atoms with Crippen molar-refractivity contribution < 1.29 is 13.2 Å². The number of hydrogen-bond acceptors (Lipinski definition) is 3. The maximum atomic E-state index is 13.4. The predicted molar refractivity (Wildman–Crippen MR) is 93.5 cm³/mol. The second-order valence-corrected chi connectivity index (χ2v) is 5.64. The summed E-state index contributed by atoms with van der Waals surface area (Å²) in [5, 5.41) is 11.6. The zero-order chi connectivity index (χ0) is 18.8. The Morgan fingerprint density at radius 3 is 2.83 bits per heavy atom. The number of rotatable bonds is 5. The van der Waals surface area contributed by atoms with Gasteiger partial charge in [-0.3, -0.25) is 0 Å². The van der Waals surface area contributed by atoms with Crippen molar-refractivity contribution in [3.63, 3.8) is 0 Å². The third-order valence-corrected chi connectivity index (χ3v) is 4.28. The number of nitrogens with one attached hydrogen (secondary N) is 1. The molecule has 3 nitrogen and oxygen atoms in total. The van der Waals surface area contributed by atoms with Crippen LogP contribution in [0.1, 0.15) is 39.2 Å². The highest BCUT2D eigenvalue weighted by Crippen LogP contribution is 2.45. The van der Waals surface area contributed by atoms with E-state index in [0.29, 0.717) is 31.6 Å². The van der Waals surface area contributed by atoms with E-state index in [-0.39, 0.29) is 18.2 Å². The van der Waals surface area contributed by atoms with Gasteiger partial charge in [-0.05, 0) is 67.3 Å². The lowest BCUT2D eigenvalue weighted by Gasteiger charge is -2.30. The number of nitrogens with zero attached hydrogens (tertiary/aromatic N) is 1. The van der Waals surface area contributed by atoms with Gasteiger partial charge in [0.2, 0.25) is 0 Å². The second kappa shape index (κ2) is 7.76. The van der Waals surface area contributed by atoms with Crippen LogP contribution in [0.3, 0.4) is 0 Å². The van der Waals surface area contributed by atoms with Crippen LogP contribution < -0.4 is 5.32 Å². The molecule has 0 saturated carbocycles. The SMILES string of the molecule is Cl.[2H]C([2H])([2H])NCCCC1(c2ccc(F)cc2)OCc2cc(C#N)ccc21. The highest BCUT2D eigenvalue weighted by molar-refractivity contribution is 5.85. The Bertz CT molecular complexity index is 836. The van der Waals surface area contributed by atoms with Crippen LogP contribution in [0, 0.1) is 17.1 Å². The van der Waals surface area contributed by atoms with E-state index in [1.807, 2.05) is 6.07 Å². The van der Waals surface area contributed by atoms with Gasteiger partial charge in [0.05, 0.1) is 18.2 Å². The van der Waals surface area contributed by atoms with Gasteiger partial charge in [0.25, 0.3) is 0 Å². The molecule has 2 aromatic rings. The number of halogens is 2. The van der Waals surface area contributed by atoms with E-state index in [1.54, 1.807) is 24.3 Å². The average Bonchev–Trinajstić information content (AvgIpc) is 2.97. The fourth-order valence-corrected chi connectivity index (χ4v) is 3.19. The van der Waals surface area contributed by atoms with Crippen molar-refractivity contribution in [1.82, 2.24) is 5.32 Å². The van der Waals surface area contributed by atoms with Crippen molar-refractivity contribution in [3.05, 3.63) is 70.5 Å². The molecule has 0 radical (unpaired) electrons. The second-order valence-electron chi connectivity index (χ2n) is 5.64. The molecular formula is C19H20ClFN2O. The van der Waals surface area contributed by atoms with Gasteiger partial charge in [-0.2, -0.15) is 5.26 Å². The molecule has 1 unspecified atom stereocenters. The zero-order valence-electron chi connectivity index (χ0n) is 16.0. The van der Waals surface area contributed by atoms with Crippen molar-refractivity contribution in [1.29, 1.82) is 5.26 Å². The van der Waals surface area contributed by atoms with Crippen LogP contribution in [0.25, 0.3) is 0 Å². The molecule has 1 aliphatic heterocycles. The Kier molecular flexibility index (Phi) is 4.66. The summed E-state index contributed by atoms with van der Waals surface area (Å²) < 4.78 is 41.3. The lowest BCUT2D eigenvalue weighted by Crippen LogP contribution is -2.28. The van der Waals surface area contributed by atoms with Gasteiger partial charge in [-0.15, -0.1) is 12.4 Å². The minimum absolute atomic E-state index is 0. The molecule has 0 bridgehead atoms. The molecule has 126 valence electrons. The largest absolute Gasteiger partial charge is 0.361 e. The number of fused-ring (bicyclic) bond motifs is 1. The van der Waals surface area contributed by atoms with E-state index < -0.39 is 12.6 Å². The topological polar surface area (TPSA) is 45.0 Å². The van der Waals surface area contributed by atoms with Crippen LogP contribution in [-0.4, -0.2) is 13.5 Å². The van der Waals surface area contributed by atoms with Gasteiger partial charge < -0.3 is 10.1 Å². The van der Waals surface area contributed by atoms with Crippen LogP contribution in [0.15, 0.2) is 42.5 Å². The molecule has 1 N–H and O–H groups in total. The molecule has 24 heavy (non-hydrogen) atoms. The van der Waals surface area contributed by atoms with Gasteiger partial charge in [-0.1, -0.05) is 18.2 Å². The molecule has 0 aromatic heterocycles. The third-order valence-electron chi connectivity index (χ3n) is 4.28. The number of benzene rings is 2. The maximum absolute atomic E-state index is 13.4. The maximum Gasteiger partial charge on any atom is 0.123 e. The smallest absolute Gasteiger partial charge is 0.123 e. The van der Waals surface area contributed by atoms with Crippen molar-refractivity contribution in [2.24, 2.45) is 0 Å². The Morgan fingerprint density at radius 1 is 1.33 bits per heavy atom. The summed E-state index contributed by atoms with van der Waals surface area (Å²) in [5.74, 6) is -0.328. The molecule has 2 aromatic carbocycles. The minimum Gasteiger partial charge on any atom is -0.361 e. The molecular weight excluding hydrogens is 327 g/mol. The van der Waals surface area contributed by atoms with Gasteiger partial charge >= 0.3 is 0 Å². The van der Waals surface area contributed by atoms with Crippen molar-refractivity contribution >= 4 is 12.4 Å². The quantitative estimate of drug-likeness (QED) is 0.833. The van der Waals surface area contributed by atoms with Crippen molar-refractivity contribution in [2.45, 2.75) is 25.0 Å². The molecule has 0 amide bonds. The standard InChI is InChI=1S/C19H19FN2O.ClH/c1-22-10-2-9-19(16-4-6-17(20)7-5-16)18-8-3-14(12-21)11-15(18)13-23-19;/h3-8,11,22H,2,9-10,13H2,1H3;1H/i1D3;. The summed E-state index contributed by atoms with van der Waals surface area (Å²) >= 11 is 0. The van der Waals surface area contributed by atoms with E-state index in [4.69, 9.17) is 14.1 Å². The third kappa shape index (κ3) is 3.29. The summed E-state index contributed by atoms with van der Waals surface area (Å²) in [5.41, 5.74) is 2.48. The normalized spacial score (nSPS) is 20.9. The first-order chi connectivity index (χ1) is 12.3. The molecule has 0 fully saturated rings. The van der Waals surface area contributed by atoms with E-state index in [2.05, 4.69) is 11.4 Å². The number of hydrogen-bond donors (Lipinski definition) is 1. The van der Waals surface area contributed by atoms with Gasteiger partial charge in [-0.25, -0.2) is 4.39 Å². The van der Waals surface area contributed by atoms with E-state index >= 15 is 0 Å². The zero-order valence-corrected chi connectivity index (χ0v) is 13.8. The summed E-state index contributed by atoms with van der Waals surface area (Å²) in [6.45, 7) is -1.51. The lowest BCUT2D eigenvalue weighted by atomic mass is 9.81. The molecule has 0 spiro atoms. The molecule has 1 aliphatic rings. The summed E-state index contributed by atoms with van der Waals surface area (Å²) in [6, 6.07) is 13.7. The number of nitriles is 1. The highest BCUT2D eigenvalue weighted by atomic mass is 35.5. The first-order valence-electron chi connectivity index (χ1n) is 9.03. The fourth-order valence-electron chi connectivity index (χ4n) is 3.19. The average molecular weight is 350 g/mol. The first-order valence-corrected chi connectivity index (χ1v) is 7.53. The van der Waals surface area contributed by atoms with Gasteiger partial charge in [0.1, 0.15) is 11.4 Å². The first kappa shape index (κ1) is 14.4. The molecule has 3 rings (SSSR count). The van der Waals surface area contributed by atoms with Crippen LogP contribution in [-0.2, 0) is 16.9 Å². The minimum atomic E-state index is -2.18. The van der Waals surface area contributed by atoms with Gasteiger partial charge in [0, 0.05) is 4.11 Å². The molecule has 5 heteroatoms. The highest BCUT2D eigenvalue weighted by Gasteiger charge is 2.41. The van der Waals surface area contributed by atoms with E-state index in [0.717, 1.165) is 16.7 Å². The fraction of sp³-hybridized carbons (Fsp3) is 0.316. The Morgan fingerprint density at radius 2 is 2.12 bits per heavy atom. The molecule has 0 saturated heterocycles. The summed E-state index contributed by atoms with van der Waals surface area (Å²) in [6.07, 6.45) is 1.11. The molecule has 1 atom stereocenters. The monoisotopic (exact) mass is 349 g/mol. The van der Waals surface area contributed by atoms with Crippen LogP contribution in [0.4, 0.5) is 4.39 Å². The lowest BCUT2D eigenvalue weighted by molar-refractivity contribution is -0.0128. The molecule has 1 heterocycles. The Hall–Kier alpha value is -1.93. The van der Waals surface area contributed by atoms with Gasteiger partial charge in [0.15, 0.2) is 0 Å². The van der Waals surface area contributed by atoms with Crippen LogP contribution in [0.2, 0.25) is 0 Å². The number of ether oxygens (including phenoxy) is 1. The Balaban J connectivity index is 0.00000261. The van der Waals surface area contributed by atoms with E-state index in [9.17, 15) is 4.39 Å². The van der Waals surface area contributed by atoms with E-state index in [1.165, 1.54) is 12.1 Å². The van der Waals surface area contributed by atoms with Crippen LogP contribution >= 0.6 is 12.4 Å². The summed E-state index contributed by atoms with van der Waals surface area (Å²) in [7, 11) is 0. The Labute approximate surface area is 152 Å².